The molecule has 0 rings (SSSR count). The van der Waals surface area contributed by atoms with Gasteiger partial charge < -0.3 is 24.2 Å². The molecule has 0 saturated heterocycles. The molecule has 0 aromatic carbocycles. The van der Waals surface area contributed by atoms with Crippen LogP contribution in [0.3, 0.4) is 0 Å². The Morgan fingerprint density at radius 3 is 1.19 bits per heavy atom. The second-order valence-electron chi connectivity index (χ2n) is 18.7. The van der Waals surface area contributed by atoms with Crippen molar-refractivity contribution in [3.63, 3.8) is 0 Å². The fraction of sp³-hybridized carbons (Fsp3) is 0.717. The minimum Gasteiger partial charge on any atom is -0.462 e. The van der Waals surface area contributed by atoms with Crippen LogP contribution >= 0.6 is 7.82 Å². The van der Waals surface area contributed by atoms with Crippen LogP contribution in [0, 0.1) is 0 Å². The van der Waals surface area contributed by atoms with Crippen LogP contribution in [-0.4, -0.2) is 66.5 Å². The van der Waals surface area contributed by atoms with Gasteiger partial charge in [0.25, 0.3) is 0 Å². The third-order valence-corrected chi connectivity index (χ3v) is 12.7. The van der Waals surface area contributed by atoms with Gasteiger partial charge in [-0.25, -0.2) is 4.57 Å². The molecule has 0 amide bonds. The topological polar surface area (TPSA) is 155 Å². The highest BCUT2D eigenvalue weighted by molar-refractivity contribution is 7.47. The van der Waals surface area contributed by atoms with E-state index in [9.17, 15) is 28.9 Å². The van der Waals surface area contributed by atoms with Crippen molar-refractivity contribution in [2.75, 3.05) is 26.4 Å². The van der Waals surface area contributed by atoms with Gasteiger partial charge in [0.05, 0.1) is 19.8 Å². The Labute approximate surface area is 439 Å². The van der Waals surface area contributed by atoms with Crippen LogP contribution in [-0.2, 0) is 42.2 Å². The van der Waals surface area contributed by atoms with Crippen LogP contribution in [0.5, 0.6) is 0 Å². The zero-order valence-corrected chi connectivity index (χ0v) is 46.5. The molecule has 0 aromatic rings. The van der Waals surface area contributed by atoms with E-state index in [-0.39, 0.29) is 25.9 Å². The molecule has 0 aliphatic heterocycles. The number of phosphoric acid groups is 1. The largest absolute Gasteiger partial charge is 0.472 e. The predicted octanol–water partition coefficient (Wildman–Crippen LogP) is 16.7. The number of rotatable bonds is 52. The first-order chi connectivity index (χ1) is 35.2. The molecule has 0 spiro atoms. The van der Waals surface area contributed by atoms with Crippen LogP contribution in [0.1, 0.15) is 239 Å². The molecule has 0 fully saturated rings. The standard InChI is InChI=1S/C60H103O11P/c1-4-7-10-13-16-19-22-25-27-28-30-33-36-39-42-45-48-51-60(64)71-57(53-67-58(62)49-46-43-40-37-34-32-29-26-23-20-17-14-11-8-5-2)55-69-72(65,66)68-54-56(52-61)70-59(63)50-47-44-41-38-35-31-24-21-18-15-12-9-6-3/h7,10,16,19,21,24-27,29-30,33,39,42,56-57,61H,4-6,8-9,11-15,17-18,20,22-23,28,31-32,34-38,40-41,43-55H2,1-3H3,(H,65,66)/b10-7-,19-16-,24-21-,27-25-,29-26-,33-30-,42-39-. The summed E-state index contributed by atoms with van der Waals surface area (Å²) in [6.45, 7) is 4.43. The van der Waals surface area contributed by atoms with E-state index < -0.39 is 57.8 Å². The molecule has 414 valence electrons. The Kier molecular flexibility index (Phi) is 51.4. The van der Waals surface area contributed by atoms with Gasteiger partial charge in [0, 0.05) is 19.3 Å². The Morgan fingerprint density at radius 2 is 0.736 bits per heavy atom. The van der Waals surface area contributed by atoms with E-state index >= 15 is 0 Å². The van der Waals surface area contributed by atoms with Gasteiger partial charge in [-0.1, -0.05) is 196 Å². The van der Waals surface area contributed by atoms with E-state index in [4.69, 9.17) is 23.3 Å². The summed E-state index contributed by atoms with van der Waals surface area (Å²) >= 11 is 0. The SMILES string of the molecule is CC/C=C\C/C=C\C/C=C\C/C=C\C/C=C\CCCC(=O)OC(COC(=O)CCCCCCC/C=C\CCCCCCCC)COP(=O)(O)OCC(CO)OC(=O)CCCCCCC/C=C\CCCCCC. The predicted molar refractivity (Wildman–Crippen MR) is 298 cm³/mol. The number of ether oxygens (including phenoxy) is 3. The van der Waals surface area contributed by atoms with Gasteiger partial charge in [-0.3, -0.25) is 23.4 Å². The molecule has 72 heavy (non-hydrogen) atoms. The fourth-order valence-corrected chi connectivity index (χ4v) is 8.22. The summed E-state index contributed by atoms with van der Waals surface area (Å²) in [5, 5.41) is 9.80. The first kappa shape index (κ1) is 68.7. The van der Waals surface area contributed by atoms with Crippen molar-refractivity contribution in [3.05, 3.63) is 85.1 Å². The van der Waals surface area contributed by atoms with Gasteiger partial charge in [0.1, 0.15) is 12.7 Å². The Bertz CT molecular complexity index is 1530. The first-order valence-electron chi connectivity index (χ1n) is 28.5. The molecular formula is C60H103O11P. The molecule has 3 atom stereocenters. The number of aliphatic hydroxyl groups is 1. The maximum atomic E-state index is 12.9. The van der Waals surface area contributed by atoms with Gasteiger partial charge in [-0.05, 0) is 109 Å². The van der Waals surface area contributed by atoms with Crippen molar-refractivity contribution in [3.8, 4) is 0 Å². The minimum absolute atomic E-state index is 0.0847. The maximum Gasteiger partial charge on any atom is 0.472 e. The third-order valence-electron chi connectivity index (χ3n) is 11.8. The molecular weight excluding hydrogens is 928 g/mol. The van der Waals surface area contributed by atoms with E-state index in [2.05, 4.69) is 93.7 Å². The summed E-state index contributed by atoms with van der Waals surface area (Å²) < 4.78 is 39.4. The van der Waals surface area contributed by atoms with Crippen molar-refractivity contribution in [1.29, 1.82) is 0 Å². The van der Waals surface area contributed by atoms with Gasteiger partial charge >= 0.3 is 25.7 Å². The number of allylic oxidation sites excluding steroid dienone is 14. The first-order valence-corrected chi connectivity index (χ1v) is 30.0. The second-order valence-corrected chi connectivity index (χ2v) is 20.2. The molecule has 0 heterocycles. The van der Waals surface area contributed by atoms with Gasteiger partial charge in [-0.15, -0.1) is 0 Å². The zero-order chi connectivity index (χ0) is 52.7. The number of hydrogen-bond acceptors (Lipinski definition) is 10. The molecule has 12 heteroatoms. The Balaban J connectivity index is 4.84. The van der Waals surface area contributed by atoms with Crippen molar-refractivity contribution in [2.24, 2.45) is 0 Å². The summed E-state index contributed by atoms with van der Waals surface area (Å²) in [4.78, 5) is 48.5. The summed E-state index contributed by atoms with van der Waals surface area (Å²) in [6.07, 6.45) is 61.2. The van der Waals surface area contributed by atoms with E-state index in [1.807, 2.05) is 12.2 Å². The van der Waals surface area contributed by atoms with Crippen LogP contribution < -0.4 is 0 Å². The molecule has 0 aromatic heterocycles. The monoisotopic (exact) mass is 1030 g/mol. The van der Waals surface area contributed by atoms with Crippen molar-refractivity contribution < 1.29 is 52.2 Å². The molecule has 0 bridgehead atoms. The van der Waals surface area contributed by atoms with Gasteiger partial charge in [-0.2, -0.15) is 0 Å². The highest BCUT2D eigenvalue weighted by Crippen LogP contribution is 2.43. The van der Waals surface area contributed by atoms with Crippen LogP contribution in [0.25, 0.3) is 0 Å². The third kappa shape index (κ3) is 51.6. The molecule has 11 nitrogen and oxygen atoms in total. The maximum absolute atomic E-state index is 12.9. The lowest BCUT2D eigenvalue weighted by Gasteiger charge is -2.21. The molecule has 3 unspecified atom stereocenters. The van der Waals surface area contributed by atoms with Crippen LogP contribution in [0.2, 0.25) is 0 Å². The zero-order valence-electron chi connectivity index (χ0n) is 45.6. The lowest BCUT2D eigenvalue weighted by atomic mass is 10.1. The summed E-state index contributed by atoms with van der Waals surface area (Å²) in [5.74, 6) is -1.56. The number of unbranched alkanes of at least 4 members (excludes halogenated alkanes) is 21. The van der Waals surface area contributed by atoms with Crippen LogP contribution in [0.4, 0.5) is 0 Å². The number of aliphatic hydroxyl groups excluding tert-OH is 1. The minimum atomic E-state index is -4.77. The molecule has 0 radical (unpaired) electrons. The number of carbonyl (C=O) groups is 3. The van der Waals surface area contributed by atoms with Crippen molar-refractivity contribution in [1.82, 2.24) is 0 Å². The van der Waals surface area contributed by atoms with Gasteiger partial charge in [0.15, 0.2) is 6.10 Å². The van der Waals surface area contributed by atoms with E-state index in [0.717, 1.165) is 109 Å². The summed E-state index contributed by atoms with van der Waals surface area (Å²) in [6, 6.07) is 0. The Morgan fingerprint density at radius 1 is 0.403 bits per heavy atom. The van der Waals surface area contributed by atoms with E-state index in [0.29, 0.717) is 25.7 Å². The smallest absolute Gasteiger partial charge is 0.462 e. The average molecular weight is 1030 g/mol. The number of esters is 3. The number of hydrogen-bond donors (Lipinski definition) is 2. The molecule has 0 aliphatic carbocycles. The van der Waals surface area contributed by atoms with Crippen molar-refractivity contribution >= 4 is 25.7 Å². The molecule has 2 N–H and O–H groups in total. The molecule has 0 aliphatic rings. The lowest BCUT2D eigenvalue weighted by molar-refractivity contribution is -0.161. The normalized spacial score (nSPS) is 14.0. The van der Waals surface area contributed by atoms with E-state index in [1.54, 1.807) is 0 Å². The summed E-state index contributed by atoms with van der Waals surface area (Å²) in [5.41, 5.74) is 0. The number of phosphoric ester groups is 1. The Hall–Kier alpha value is -3.34. The summed E-state index contributed by atoms with van der Waals surface area (Å²) in [7, 11) is -4.77. The van der Waals surface area contributed by atoms with E-state index in [1.165, 1.54) is 64.2 Å². The van der Waals surface area contributed by atoms with Crippen LogP contribution in [0.15, 0.2) is 85.1 Å². The average Bonchev–Trinajstić information content (AvgIpc) is 3.37. The number of carbonyl (C=O) groups excluding carboxylic acids is 3. The quantitative estimate of drug-likeness (QED) is 0.0197. The lowest BCUT2D eigenvalue weighted by Crippen LogP contribution is -2.30. The van der Waals surface area contributed by atoms with Crippen molar-refractivity contribution in [2.45, 2.75) is 251 Å². The highest BCUT2D eigenvalue weighted by Gasteiger charge is 2.28. The second kappa shape index (κ2) is 53.9. The highest BCUT2D eigenvalue weighted by atomic mass is 31.2. The van der Waals surface area contributed by atoms with Gasteiger partial charge in [0.2, 0.25) is 0 Å². The fourth-order valence-electron chi connectivity index (χ4n) is 7.44. The molecule has 0 saturated carbocycles.